The summed E-state index contributed by atoms with van der Waals surface area (Å²) in [6.45, 7) is 10.6. The Kier molecular flexibility index (Phi) is 7.59. The van der Waals surface area contributed by atoms with E-state index in [4.69, 9.17) is 9.57 Å². The maximum atomic E-state index is 11.4. The van der Waals surface area contributed by atoms with Gasteiger partial charge in [-0.3, -0.25) is 4.84 Å². The van der Waals surface area contributed by atoms with E-state index in [-0.39, 0.29) is 19.3 Å². The SMILES string of the molecule is C=CCOC(=O)NOC[C@@H](C)NC(=O)OC(C)(C)C. The van der Waals surface area contributed by atoms with Crippen molar-refractivity contribution in [2.24, 2.45) is 0 Å². The average molecular weight is 274 g/mol. The minimum Gasteiger partial charge on any atom is -0.444 e. The highest BCUT2D eigenvalue weighted by atomic mass is 16.7. The summed E-state index contributed by atoms with van der Waals surface area (Å²) in [4.78, 5) is 27.2. The van der Waals surface area contributed by atoms with Gasteiger partial charge in [0, 0.05) is 0 Å². The molecule has 0 radical (unpaired) electrons. The fourth-order valence-corrected chi connectivity index (χ4v) is 0.940. The molecule has 0 aliphatic heterocycles. The maximum absolute atomic E-state index is 11.4. The zero-order chi connectivity index (χ0) is 14.9. The summed E-state index contributed by atoms with van der Waals surface area (Å²) in [5, 5.41) is 2.56. The van der Waals surface area contributed by atoms with E-state index in [9.17, 15) is 9.59 Å². The Labute approximate surface area is 113 Å². The smallest absolute Gasteiger partial charge is 0.431 e. The number of nitrogens with one attached hydrogen (secondary N) is 2. The number of alkyl carbamates (subject to hydrolysis) is 1. The van der Waals surface area contributed by atoms with Crippen molar-refractivity contribution in [1.82, 2.24) is 10.8 Å². The molecule has 0 saturated carbocycles. The number of hydroxylamine groups is 1. The summed E-state index contributed by atoms with van der Waals surface area (Å²) >= 11 is 0. The van der Waals surface area contributed by atoms with Crippen LogP contribution in [0.3, 0.4) is 0 Å². The molecule has 0 aromatic heterocycles. The van der Waals surface area contributed by atoms with Gasteiger partial charge in [0.15, 0.2) is 0 Å². The molecule has 0 heterocycles. The third-order valence-corrected chi connectivity index (χ3v) is 1.58. The quantitative estimate of drug-likeness (QED) is 0.569. The molecule has 0 aromatic carbocycles. The molecule has 7 heteroatoms. The molecule has 7 nitrogen and oxygen atoms in total. The monoisotopic (exact) mass is 274 g/mol. The van der Waals surface area contributed by atoms with Crippen LogP contribution in [0.4, 0.5) is 9.59 Å². The largest absolute Gasteiger partial charge is 0.444 e. The second-order valence-electron chi connectivity index (χ2n) is 4.85. The van der Waals surface area contributed by atoms with Gasteiger partial charge in [0.1, 0.15) is 12.2 Å². The Morgan fingerprint density at radius 2 is 1.95 bits per heavy atom. The number of amides is 2. The molecule has 110 valence electrons. The van der Waals surface area contributed by atoms with Crippen LogP contribution in [0, 0.1) is 0 Å². The summed E-state index contributed by atoms with van der Waals surface area (Å²) in [6, 6.07) is -0.324. The first kappa shape index (κ1) is 17.2. The van der Waals surface area contributed by atoms with Gasteiger partial charge in [0.2, 0.25) is 0 Å². The molecule has 0 saturated heterocycles. The molecule has 2 N–H and O–H groups in total. The average Bonchev–Trinajstić information content (AvgIpc) is 2.23. The summed E-state index contributed by atoms with van der Waals surface area (Å²) in [5.41, 5.74) is 1.51. The Morgan fingerprint density at radius 1 is 1.32 bits per heavy atom. The van der Waals surface area contributed by atoms with Crippen LogP contribution in [0.15, 0.2) is 12.7 Å². The van der Waals surface area contributed by atoms with Crippen molar-refractivity contribution in [1.29, 1.82) is 0 Å². The van der Waals surface area contributed by atoms with Crippen LogP contribution in [0.1, 0.15) is 27.7 Å². The van der Waals surface area contributed by atoms with Gasteiger partial charge in [-0.2, -0.15) is 5.48 Å². The first-order chi connectivity index (χ1) is 8.74. The molecule has 19 heavy (non-hydrogen) atoms. The van der Waals surface area contributed by atoms with Crippen LogP contribution in [0.2, 0.25) is 0 Å². The van der Waals surface area contributed by atoms with E-state index < -0.39 is 17.8 Å². The number of ether oxygens (including phenoxy) is 2. The van der Waals surface area contributed by atoms with Crippen molar-refractivity contribution in [2.45, 2.75) is 39.3 Å². The molecule has 0 spiro atoms. The van der Waals surface area contributed by atoms with E-state index in [0.29, 0.717) is 0 Å². The number of rotatable bonds is 6. The number of carbonyl (C=O) groups excluding carboxylic acids is 2. The van der Waals surface area contributed by atoms with Crippen LogP contribution >= 0.6 is 0 Å². The highest BCUT2D eigenvalue weighted by Gasteiger charge is 2.17. The highest BCUT2D eigenvalue weighted by Crippen LogP contribution is 2.06. The third-order valence-electron chi connectivity index (χ3n) is 1.58. The molecule has 0 aromatic rings. The number of hydrogen-bond acceptors (Lipinski definition) is 5. The molecule has 0 rings (SSSR count). The Bertz CT molecular complexity index is 312. The third kappa shape index (κ3) is 11.1. The predicted octanol–water partition coefficient (Wildman–Crippen LogP) is 1.74. The van der Waals surface area contributed by atoms with Crippen molar-refractivity contribution < 1.29 is 23.9 Å². The predicted molar refractivity (Wildman–Crippen MR) is 69.5 cm³/mol. The minimum atomic E-state index is -0.718. The lowest BCUT2D eigenvalue weighted by molar-refractivity contribution is 0.0169. The molecule has 0 unspecified atom stereocenters. The molecular weight excluding hydrogens is 252 g/mol. The van der Waals surface area contributed by atoms with Crippen LogP contribution in [0.25, 0.3) is 0 Å². The van der Waals surface area contributed by atoms with E-state index in [2.05, 4.69) is 22.1 Å². The topological polar surface area (TPSA) is 85.9 Å². The van der Waals surface area contributed by atoms with E-state index >= 15 is 0 Å². The second kappa shape index (κ2) is 8.36. The van der Waals surface area contributed by atoms with Gasteiger partial charge in [-0.05, 0) is 27.7 Å². The summed E-state index contributed by atoms with van der Waals surface area (Å²) in [5.74, 6) is 0. The molecule has 0 fully saturated rings. The minimum absolute atomic E-state index is 0.0857. The summed E-state index contributed by atoms with van der Waals surface area (Å²) in [6.07, 6.45) is 0.175. The van der Waals surface area contributed by atoms with E-state index in [1.54, 1.807) is 27.7 Å². The Morgan fingerprint density at radius 3 is 2.47 bits per heavy atom. The first-order valence-corrected chi connectivity index (χ1v) is 5.89. The van der Waals surface area contributed by atoms with Crippen LogP contribution in [0.5, 0.6) is 0 Å². The van der Waals surface area contributed by atoms with Crippen molar-refractivity contribution in [3.05, 3.63) is 12.7 Å². The normalized spacial score (nSPS) is 12.2. The fraction of sp³-hybridized carbons (Fsp3) is 0.667. The van der Waals surface area contributed by atoms with Gasteiger partial charge in [-0.1, -0.05) is 12.7 Å². The standard InChI is InChI=1S/C12H22N2O5/c1-6-7-17-11(16)14-18-8-9(2)13-10(15)19-12(3,4)5/h6,9H,1,7-8H2,2-5H3,(H,13,15)(H,14,16)/t9-/m1/s1. The van der Waals surface area contributed by atoms with Crippen molar-refractivity contribution in [3.8, 4) is 0 Å². The summed E-state index contributed by atoms with van der Waals surface area (Å²) in [7, 11) is 0. The molecule has 2 amide bonds. The van der Waals surface area contributed by atoms with Gasteiger partial charge < -0.3 is 14.8 Å². The molecule has 0 aliphatic carbocycles. The Balaban J connectivity index is 3.75. The fourth-order valence-electron chi connectivity index (χ4n) is 0.940. The van der Waals surface area contributed by atoms with E-state index in [1.165, 1.54) is 6.08 Å². The second-order valence-corrected chi connectivity index (χ2v) is 4.85. The van der Waals surface area contributed by atoms with Gasteiger partial charge in [-0.15, -0.1) is 0 Å². The lowest BCUT2D eigenvalue weighted by atomic mass is 10.2. The molecule has 0 bridgehead atoms. The lowest BCUT2D eigenvalue weighted by Crippen LogP contribution is -2.41. The maximum Gasteiger partial charge on any atom is 0.431 e. The molecular formula is C12H22N2O5. The van der Waals surface area contributed by atoms with Gasteiger partial charge in [0.25, 0.3) is 0 Å². The van der Waals surface area contributed by atoms with Crippen LogP contribution in [-0.4, -0.2) is 37.0 Å². The van der Waals surface area contributed by atoms with Crippen molar-refractivity contribution in [3.63, 3.8) is 0 Å². The van der Waals surface area contributed by atoms with Gasteiger partial charge >= 0.3 is 12.2 Å². The van der Waals surface area contributed by atoms with Gasteiger partial charge in [-0.25, -0.2) is 9.59 Å². The molecule has 0 aliphatic rings. The Hall–Kier alpha value is -1.76. The van der Waals surface area contributed by atoms with Crippen LogP contribution < -0.4 is 10.8 Å². The van der Waals surface area contributed by atoms with Gasteiger partial charge in [0.05, 0.1) is 12.6 Å². The van der Waals surface area contributed by atoms with E-state index in [1.807, 2.05) is 0 Å². The zero-order valence-corrected chi connectivity index (χ0v) is 11.8. The highest BCUT2D eigenvalue weighted by molar-refractivity contribution is 5.68. The number of carbonyl (C=O) groups is 2. The summed E-state index contributed by atoms with van der Waals surface area (Å²) < 4.78 is 9.67. The van der Waals surface area contributed by atoms with Crippen molar-refractivity contribution >= 4 is 12.2 Å². The zero-order valence-electron chi connectivity index (χ0n) is 11.8. The first-order valence-electron chi connectivity index (χ1n) is 5.89. The number of hydrogen-bond donors (Lipinski definition) is 2. The van der Waals surface area contributed by atoms with Crippen LogP contribution in [-0.2, 0) is 14.3 Å². The van der Waals surface area contributed by atoms with Crippen molar-refractivity contribution in [2.75, 3.05) is 13.2 Å². The van der Waals surface area contributed by atoms with E-state index in [0.717, 1.165) is 0 Å². The molecule has 1 atom stereocenters. The lowest BCUT2D eigenvalue weighted by Gasteiger charge is -2.21.